The topological polar surface area (TPSA) is 64.8 Å². The van der Waals surface area contributed by atoms with E-state index in [1.54, 1.807) is 13.4 Å². The Morgan fingerprint density at radius 3 is 2.88 bits per heavy atom. The van der Waals surface area contributed by atoms with E-state index in [1.807, 2.05) is 31.2 Å². The molecule has 6 heteroatoms. The van der Waals surface area contributed by atoms with Gasteiger partial charge in [0, 0.05) is 18.7 Å². The Morgan fingerprint density at radius 2 is 2.16 bits per heavy atom. The Kier molecular flexibility index (Phi) is 5.71. The molecule has 1 aromatic heterocycles. The standard InChI is InChI=1S/C19H24N2O4/c1-3-24-19(22)15-5-4-10-21(11-15)12-16-13-25-18(20-16)14-6-8-17(23-2)9-7-14/h6-9,13,15H,3-5,10-12H2,1-2H3. The van der Waals surface area contributed by atoms with Gasteiger partial charge in [-0.2, -0.15) is 0 Å². The van der Waals surface area contributed by atoms with Gasteiger partial charge in [-0.1, -0.05) is 0 Å². The number of piperidine rings is 1. The number of methoxy groups -OCH3 is 1. The van der Waals surface area contributed by atoms with Crippen LogP contribution >= 0.6 is 0 Å². The molecule has 3 rings (SSSR count). The summed E-state index contributed by atoms with van der Waals surface area (Å²) in [5, 5.41) is 0. The van der Waals surface area contributed by atoms with Crippen molar-refractivity contribution in [2.24, 2.45) is 5.92 Å². The highest BCUT2D eigenvalue weighted by Crippen LogP contribution is 2.24. The number of likely N-dealkylation sites (tertiary alicyclic amines) is 1. The maximum absolute atomic E-state index is 11.9. The minimum absolute atomic E-state index is 0.0401. The van der Waals surface area contributed by atoms with E-state index in [0.717, 1.165) is 36.4 Å². The number of carbonyl (C=O) groups is 1. The first-order valence-electron chi connectivity index (χ1n) is 8.67. The Balaban J connectivity index is 1.61. The summed E-state index contributed by atoms with van der Waals surface area (Å²) < 4.78 is 15.9. The Morgan fingerprint density at radius 1 is 1.36 bits per heavy atom. The second kappa shape index (κ2) is 8.16. The van der Waals surface area contributed by atoms with E-state index in [2.05, 4.69) is 9.88 Å². The molecule has 25 heavy (non-hydrogen) atoms. The largest absolute Gasteiger partial charge is 0.497 e. The van der Waals surface area contributed by atoms with Crippen LogP contribution in [0.4, 0.5) is 0 Å². The van der Waals surface area contributed by atoms with E-state index in [0.29, 0.717) is 25.6 Å². The molecule has 6 nitrogen and oxygen atoms in total. The summed E-state index contributed by atoms with van der Waals surface area (Å²) >= 11 is 0. The van der Waals surface area contributed by atoms with Gasteiger partial charge in [-0.05, 0) is 50.6 Å². The van der Waals surface area contributed by atoms with Gasteiger partial charge in [0.15, 0.2) is 0 Å². The van der Waals surface area contributed by atoms with E-state index in [4.69, 9.17) is 13.9 Å². The van der Waals surface area contributed by atoms with E-state index < -0.39 is 0 Å². The highest BCUT2D eigenvalue weighted by atomic mass is 16.5. The first-order chi connectivity index (χ1) is 12.2. The van der Waals surface area contributed by atoms with Crippen molar-refractivity contribution in [3.63, 3.8) is 0 Å². The number of hydrogen-bond donors (Lipinski definition) is 0. The van der Waals surface area contributed by atoms with Gasteiger partial charge in [0.05, 0.1) is 25.3 Å². The quantitative estimate of drug-likeness (QED) is 0.750. The van der Waals surface area contributed by atoms with Crippen molar-refractivity contribution < 1.29 is 18.7 Å². The highest BCUT2D eigenvalue weighted by Gasteiger charge is 2.27. The molecule has 1 saturated heterocycles. The SMILES string of the molecule is CCOC(=O)C1CCCN(Cc2coc(-c3ccc(OC)cc3)n2)C1. The van der Waals surface area contributed by atoms with Gasteiger partial charge in [0.2, 0.25) is 5.89 Å². The van der Waals surface area contributed by atoms with Gasteiger partial charge in [-0.25, -0.2) is 4.98 Å². The Labute approximate surface area is 147 Å². The summed E-state index contributed by atoms with van der Waals surface area (Å²) in [6.45, 7) is 4.62. The minimum Gasteiger partial charge on any atom is -0.497 e. The van der Waals surface area contributed by atoms with Crippen LogP contribution < -0.4 is 4.74 Å². The summed E-state index contributed by atoms with van der Waals surface area (Å²) in [6, 6.07) is 7.61. The van der Waals surface area contributed by atoms with Gasteiger partial charge in [0.1, 0.15) is 12.0 Å². The van der Waals surface area contributed by atoms with Crippen molar-refractivity contribution in [2.45, 2.75) is 26.3 Å². The molecule has 134 valence electrons. The molecule has 1 unspecified atom stereocenters. The van der Waals surface area contributed by atoms with Crippen LogP contribution in [0.3, 0.4) is 0 Å². The Bertz CT molecular complexity index is 696. The predicted molar refractivity (Wildman–Crippen MR) is 93.1 cm³/mol. The van der Waals surface area contributed by atoms with Gasteiger partial charge in [-0.15, -0.1) is 0 Å². The lowest BCUT2D eigenvalue weighted by Crippen LogP contribution is -2.39. The van der Waals surface area contributed by atoms with E-state index in [9.17, 15) is 4.79 Å². The van der Waals surface area contributed by atoms with Gasteiger partial charge in [0.25, 0.3) is 0 Å². The fraction of sp³-hybridized carbons (Fsp3) is 0.474. The molecule has 2 aromatic rings. The monoisotopic (exact) mass is 344 g/mol. The zero-order chi connectivity index (χ0) is 17.6. The van der Waals surface area contributed by atoms with Crippen LogP contribution in [0.25, 0.3) is 11.5 Å². The number of esters is 1. The van der Waals surface area contributed by atoms with Crippen molar-refractivity contribution >= 4 is 5.97 Å². The molecule has 0 N–H and O–H groups in total. The van der Waals surface area contributed by atoms with Gasteiger partial charge >= 0.3 is 5.97 Å². The summed E-state index contributed by atoms with van der Waals surface area (Å²) in [4.78, 5) is 18.8. The number of ether oxygens (including phenoxy) is 2. The maximum atomic E-state index is 11.9. The zero-order valence-electron chi connectivity index (χ0n) is 14.7. The lowest BCUT2D eigenvalue weighted by molar-refractivity contribution is -0.150. The molecule has 1 fully saturated rings. The first-order valence-corrected chi connectivity index (χ1v) is 8.67. The minimum atomic E-state index is -0.0914. The fourth-order valence-electron chi connectivity index (χ4n) is 3.13. The molecule has 1 aliphatic rings. The van der Waals surface area contributed by atoms with Crippen LogP contribution in [0.5, 0.6) is 5.75 Å². The van der Waals surface area contributed by atoms with Crippen LogP contribution in [-0.4, -0.2) is 42.7 Å². The van der Waals surface area contributed by atoms with Crippen LogP contribution in [0, 0.1) is 5.92 Å². The summed E-state index contributed by atoms with van der Waals surface area (Å²) in [7, 11) is 1.64. The summed E-state index contributed by atoms with van der Waals surface area (Å²) in [5.74, 6) is 1.26. The van der Waals surface area contributed by atoms with Crippen molar-refractivity contribution in [1.82, 2.24) is 9.88 Å². The lowest BCUT2D eigenvalue weighted by atomic mass is 9.98. The number of oxazole rings is 1. The summed E-state index contributed by atoms with van der Waals surface area (Å²) in [5.41, 5.74) is 1.78. The third-order valence-corrected chi connectivity index (χ3v) is 4.40. The average molecular weight is 344 g/mol. The van der Waals surface area contributed by atoms with E-state index in [-0.39, 0.29) is 11.9 Å². The number of benzene rings is 1. The van der Waals surface area contributed by atoms with Crippen LogP contribution in [-0.2, 0) is 16.1 Å². The number of hydrogen-bond acceptors (Lipinski definition) is 6. The van der Waals surface area contributed by atoms with Crippen molar-refractivity contribution in [3.05, 3.63) is 36.2 Å². The molecule has 0 amide bonds. The average Bonchev–Trinajstić information content (AvgIpc) is 3.10. The molecule has 0 bridgehead atoms. The normalized spacial score (nSPS) is 18.1. The highest BCUT2D eigenvalue weighted by molar-refractivity contribution is 5.72. The summed E-state index contributed by atoms with van der Waals surface area (Å²) in [6.07, 6.45) is 3.57. The Hall–Kier alpha value is -2.34. The second-order valence-electron chi connectivity index (χ2n) is 6.20. The maximum Gasteiger partial charge on any atom is 0.310 e. The molecule has 0 radical (unpaired) electrons. The lowest BCUT2D eigenvalue weighted by Gasteiger charge is -2.30. The third-order valence-electron chi connectivity index (χ3n) is 4.40. The molecule has 0 aliphatic carbocycles. The van der Waals surface area contributed by atoms with Crippen LogP contribution in [0.1, 0.15) is 25.5 Å². The number of rotatable bonds is 6. The van der Waals surface area contributed by atoms with Gasteiger partial charge < -0.3 is 13.9 Å². The van der Waals surface area contributed by atoms with Gasteiger partial charge in [-0.3, -0.25) is 9.69 Å². The molecule has 2 heterocycles. The first kappa shape index (κ1) is 17.5. The van der Waals surface area contributed by atoms with Crippen molar-refractivity contribution in [3.8, 4) is 17.2 Å². The van der Waals surface area contributed by atoms with E-state index in [1.165, 1.54) is 0 Å². The van der Waals surface area contributed by atoms with Crippen LogP contribution in [0.2, 0.25) is 0 Å². The third kappa shape index (κ3) is 4.39. The fourth-order valence-corrected chi connectivity index (χ4v) is 3.13. The predicted octanol–water partition coefficient (Wildman–Crippen LogP) is 3.13. The molecule has 1 atom stereocenters. The second-order valence-corrected chi connectivity index (χ2v) is 6.20. The molecule has 0 spiro atoms. The molecular formula is C19H24N2O4. The smallest absolute Gasteiger partial charge is 0.310 e. The van der Waals surface area contributed by atoms with E-state index >= 15 is 0 Å². The molecule has 0 saturated carbocycles. The van der Waals surface area contributed by atoms with Crippen molar-refractivity contribution in [1.29, 1.82) is 0 Å². The number of carbonyl (C=O) groups excluding carboxylic acids is 1. The van der Waals surface area contributed by atoms with Crippen LogP contribution in [0.15, 0.2) is 34.9 Å². The molecular weight excluding hydrogens is 320 g/mol. The molecule has 1 aliphatic heterocycles. The van der Waals surface area contributed by atoms with Crippen molar-refractivity contribution in [2.75, 3.05) is 26.8 Å². The number of nitrogens with zero attached hydrogens (tertiary/aromatic N) is 2. The molecule has 1 aromatic carbocycles. The number of aromatic nitrogens is 1. The zero-order valence-corrected chi connectivity index (χ0v) is 14.7.